The molecule has 0 bridgehead atoms. The Labute approximate surface area is 199 Å². The first kappa shape index (κ1) is 23.0. The second-order valence-electron chi connectivity index (χ2n) is 9.59. The van der Waals surface area contributed by atoms with Crippen LogP contribution in [0.2, 0.25) is 0 Å². The van der Waals surface area contributed by atoms with Crippen molar-refractivity contribution in [3.05, 3.63) is 34.7 Å². The Morgan fingerprint density at radius 1 is 1.06 bits per heavy atom. The summed E-state index contributed by atoms with van der Waals surface area (Å²) in [6, 6.07) is 6.16. The van der Waals surface area contributed by atoms with Gasteiger partial charge in [-0.2, -0.15) is 4.98 Å². The van der Waals surface area contributed by atoms with E-state index in [0.717, 1.165) is 55.5 Å². The largest absolute Gasteiger partial charge is 0.396 e. The number of aromatic nitrogens is 3. The Bertz CT molecular complexity index is 1210. The molecule has 1 saturated carbocycles. The van der Waals surface area contributed by atoms with Gasteiger partial charge in [0.25, 0.3) is 5.56 Å². The van der Waals surface area contributed by atoms with Crippen molar-refractivity contribution < 1.29 is 10.2 Å². The normalized spacial score (nSPS) is 21.9. The number of benzene rings is 1. The van der Waals surface area contributed by atoms with E-state index in [0.29, 0.717) is 42.8 Å². The summed E-state index contributed by atoms with van der Waals surface area (Å²) in [5.74, 6) is 0.457. The molecule has 9 heteroatoms. The molecule has 0 amide bonds. The first-order valence-electron chi connectivity index (χ1n) is 12.4. The van der Waals surface area contributed by atoms with E-state index in [1.165, 1.54) is 0 Å². The molecule has 182 valence electrons. The van der Waals surface area contributed by atoms with Gasteiger partial charge in [-0.05, 0) is 56.7 Å². The Kier molecular flexibility index (Phi) is 6.67. The Hall–Kier alpha value is -2.75. The smallest absolute Gasteiger partial charge is 0.260 e. The molecule has 2 aromatic heterocycles. The van der Waals surface area contributed by atoms with Gasteiger partial charge in [0.1, 0.15) is 5.65 Å². The van der Waals surface area contributed by atoms with E-state index < -0.39 is 0 Å². The van der Waals surface area contributed by atoms with Crippen molar-refractivity contribution in [2.45, 2.75) is 44.2 Å². The summed E-state index contributed by atoms with van der Waals surface area (Å²) >= 11 is 0. The minimum Gasteiger partial charge on any atom is -0.396 e. The van der Waals surface area contributed by atoms with Gasteiger partial charge in [0.2, 0.25) is 5.95 Å². The van der Waals surface area contributed by atoms with Crippen LogP contribution in [0.1, 0.15) is 38.1 Å². The maximum absolute atomic E-state index is 13.9. The lowest BCUT2D eigenvalue weighted by Crippen LogP contribution is -2.44. The van der Waals surface area contributed by atoms with Crippen LogP contribution in [0, 0.1) is 0 Å². The minimum absolute atomic E-state index is 0.00437. The first-order chi connectivity index (χ1) is 16.5. The maximum atomic E-state index is 13.9. The predicted octanol–water partition coefficient (Wildman–Crippen LogP) is 1.97. The van der Waals surface area contributed by atoms with Crippen molar-refractivity contribution in [2.75, 3.05) is 56.6 Å². The van der Waals surface area contributed by atoms with E-state index >= 15 is 0 Å². The third kappa shape index (κ3) is 4.47. The summed E-state index contributed by atoms with van der Waals surface area (Å²) in [6.07, 6.45) is 4.97. The van der Waals surface area contributed by atoms with Crippen molar-refractivity contribution in [3.63, 3.8) is 0 Å². The van der Waals surface area contributed by atoms with Crippen LogP contribution in [-0.2, 0) is 0 Å². The number of rotatable bonds is 6. The molecule has 3 N–H and O–H groups in total. The number of nitrogens with one attached hydrogen (secondary N) is 1. The zero-order valence-electron chi connectivity index (χ0n) is 19.8. The van der Waals surface area contributed by atoms with Crippen LogP contribution in [0.5, 0.6) is 0 Å². The van der Waals surface area contributed by atoms with Crippen LogP contribution in [0.15, 0.2) is 29.2 Å². The maximum Gasteiger partial charge on any atom is 0.260 e. The molecule has 1 aliphatic heterocycles. The number of hydrogen-bond acceptors (Lipinski definition) is 8. The van der Waals surface area contributed by atoms with Gasteiger partial charge in [-0.15, -0.1) is 0 Å². The quantitative estimate of drug-likeness (QED) is 0.374. The fourth-order valence-electron chi connectivity index (χ4n) is 5.20. The van der Waals surface area contributed by atoms with Crippen molar-refractivity contribution in [3.8, 4) is 0 Å². The molecule has 9 nitrogen and oxygen atoms in total. The monoisotopic (exact) mass is 466 g/mol. The lowest BCUT2D eigenvalue weighted by Gasteiger charge is -2.34. The van der Waals surface area contributed by atoms with Gasteiger partial charge in [-0.25, -0.2) is 4.98 Å². The Morgan fingerprint density at radius 3 is 2.56 bits per heavy atom. The summed E-state index contributed by atoms with van der Waals surface area (Å²) in [6.45, 7) is 4.54. The highest BCUT2D eigenvalue weighted by Gasteiger charge is 2.26. The third-order valence-electron chi connectivity index (χ3n) is 7.26. The summed E-state index contributed by atoms with van der Waals surface area (Å²) in [5.41, 5.74) is 1.68. The fraction of sp³-hybridized carbons (Fsp3) is 0.560. The number of hydrogen-bond donors (Lipinski definition) is 3. The minimum atomic E-state index is -0.298. The Balaban J connectivity index is 1.63. The highest BCUT2D eigenvalue weighted by molar-refractivity contribution is 6.05. The van der Waals surface area contributed by atoms with E-state index in [2.05, 4.69) is 33.2 Å². The molecule has 34 heavy (non-hydrogen) atoms. The van der Waals surface area contributed by atoms with Crippen LogP contribution in [0.25, 0.3) is 21.8 Å². The van der Waals surface area contributed by atoms with E-state index in [1.54, 1.807) is 6.20 Å². The number of nitrogens with zero attached hydrogens (tertiary/aromatic N) is 5. The summed E-state index contributed by atoms with van der Waals surface area (Å²) in [4.78, 5) is 27.9. The highest BCUT2D eigenvalue weighted by atomic mass is 16.3. The van der Waals surface area contributed by atoms with E-state index in [1.807, 2.05) is 16.7 Å². The fourth-order valence-corrected chi connectivity index (χ4v) is 5.20. The van der Waals surface area contributed by atoms with Crippen molar-refractivity contribution >= 4 is 33.4 Å². The molecule has 0 unspecified atom stereocenters. The zero-order chi connectivity index (χ0) is 23.7. The molecule has 3 aromatic rings. The average molecular weight is 467 g/mol. The topological polar surface area (TPSA) is 107 Å². The lowest BCUT2D eigenvalue weighted by molar-refractivity contribution is 0.111. The van der Waals surface area contributed by atoms with Gasteiger partial charge in [0.05, 0.1) is 11.5 Å². The second kappa shape index (κ2) is 9.85. The molecule has 2 aliphatic rings. The molecule has 0 radical (unpaired) electrons. The van der Waals surface area contributed by atoms with E-state index in [-0.39, 0.29) is 24.3 Å². The number of aliphatic hydroxyl groups is 2. The second-order valence-corrected chi connectivity index (χ2v) is 9.59. The number of likely N-dealkylation sites (N-methyl/N-ethyl adjacent to an activating group) is 1. The van der Waals surface area contributed by atoms with Crippen LogP contribution < -0.4 is 15.8 Å². The van der Waals surface area contributed by atoms with Crippen LogP contribution >= 0.6 is 0 Å². The number of fused-ring (bicyclic) bond motifs is 3. The van der Waals surface area contributed by atoms with E-state index in [9.17, 15) is 9.90 Å². The molecule has 5 rings (SSSR count). The number of piperazine rings is 1. The van der Waals surface area contributed by atoms with Gasteiger partial charge in [0, 0.05) is 62.6 Å². The van der Waals surface area contributed by atoms with Gasteiger partial charge >= 0.3 is 0 Å². The molecule has 0 atom stereocenters. The number of aliphatic hydroxyl groups excluding tert-OH is 2. The SMILES string of the molecule is CN1CCN(c2ccc3c(c2)c(=O)n(C2CCC(O)CC2)c2nc(NCCCO)ncc32)CC1. The molecule has 1 aliphatic carbocycles. The van der Waals surface area contributed by atoms with Crippen molar-refractivity contribution in [2.24, 2.45) is 0 Å². The third-order valence-corrected chi connectivity index (χ3v) is 7.26. The van der Waals surface area contributed by atoms with E-state index in [4.69, 9.17) is 10.1 Å². The zero-order valence-corrected chi connectivity index (χ0v) is 19.8. The van der Waals surface area contributed by atoms with Crippen molar-refractivity contribution in [1.29, 1.82) is 0 Å². The summed E-state index contributed by atoms with van der Waals surface area (Å²) in [7, 11) is 2.14. The van der Waals surface area contributed by atoms with Gasteiger partial charge in [-0.1, -0.05) is 6.07 Å². The molecule has 3 heterocycles. The molecule has 1 aromatic carbocycles. The molecule has 0 spiro atoms. The molecular formula is C25H34N6O3. The lowest BCUT2D eigenvalue weighted by atomic mass is 9.92. The van der Waals surface area contributed by atoms with Gasteiger partial charge in [0.15, 0.2) is 0 Å². The number of pyridine rings is 1. The highest BCUT2D eigenvalue weighted by Crippen LogP contribution is 2.33. The van der Waals surface area contributed by atoms with Crippen LogP contribution in [-0.4, -0.2) is 82.1 Å². The van der Waals surface area contributed by atoms with Gasteiger partial charge < -0.3 is 25.3 Å². The standard InChI is InChI=1S/C25H34N6O3/c1-29-10-12-30(13-11-29)18-5-8-20-21(15-18)24(34)31(17-3-6-19(33)7-4-17)23-22(20)16-27-25(28-23)26-9-2-14-32/h5,8,15-17,19,32-33H,2-4,6-7,9-14H2,1H3,(H,26,27,28). The molecule has 1 saturated heterocycles. The first-order valence-corrected chi connectivity index (χ1v) is 12.4. The van der Waals surface area contributed by atoms with Crippen molar-refractivity contribution in [1.82, 2.24) is 19.4 Å². The number of anilines is 2. The van der Waals surface area contributed by atoms with Gasteiger partial charge in [-0.3, -0.25) is 9.36 Å². The molecular weight excluding hydrogens is 432 g/mol. The summed E-state index contributed by atoms with van der Waals surface area (Å²) < 4.78 is 1.84. The Morgan fingerprint density at radius 2 is 1.82 bits per heavy atom. The van der Waals surface area contributed by atoms with Crippen LogP contribution in [0.4, 0.5) is 11.6 Å². The summed E-state index contributed by atoms with van der Waals surface area (Å²) in [5, 5.41) is 24.7. The molecule has 2 fully saturated rings. The predicted molar refractivity (Wildman–Crippen MR) is 135 cm³/mol. The average Bonchev–Trinajstić information content (AvgIpc) is 2.85. The van der Waals surface area contributed by atoms with Crippen LogP contribution in [0.3, 0.4) is 0 Å².